The van der Waals surface area contributed by atoms with E-state index in [4.69, 9.17) is 4.74 Å². The molecule has 1 aromatic carbocycles. The van der Waals surface area contributed by atoms with E-state index in [1.165, 1.54) is 24.6 Å². The van der Waals surface area contributed by atoms with E-state index in [1.807, 2.05) is 40.7 Å². The molecule has 1 aliphatic heterocycles. The van der Waals surface area contributed by atoms with Gasteiger partial charge in [-0.1, -0.05) is 30.7 Å². The third-order valence-electron chi connectivity index (χ3n) is 4.40. The van der Waals surface area contributed by atoms with Crippen molar-refractivity contribution in [3.8, 4) is 11.4 Å². The third-order valence-corrected chi connectivity index (χ3v) is 5.44. The molecular formula is C18H24N4O2S. The summed E-state index contributed by atoms with van der Waals surface area (Å²) in [4.78, 5) is 14.7. The molecule has 1 amide bonds. The zero-order valence-corrected chi connectivity index (χ0v) is 15.5. The van der Waals surface area contributed by atoms with E-state index in [2.05, 4.69) is 10.2 Å². The van der Waals surface area contributed by atoms with Crippen LogP contribution in [0, 0.1) is 0 Å². The Hall–Kier alpha value is -2.02. The Morgan fingerprint density at radius 3 is 2.72 bits per heavy atom. The Bertz CT molecular complexity index is 711. The van der Waals surface area contributed by atoms with E-state index in [0.717, 1.165) is 37.4 Å². The van der Waals surface area contributed by atoms with E-state index in [9.17, 15) is 4.79 Å². The lowest BCUT2D eigenvalue weighted by molar-refractivity contribution is -0.130. The van der Waals surface area contributed by atoms with Gasteiger partial charge in [0.15, 0.2) is 5.16 Å². The number of carbonyl (C=O) groups excluding carboxylic acids is 1. The van der Waals surface area contributed by atoms with Crippen molar-refractivity contribution >= 4 is 17.7 Å². The van der Waals surface area contributed by atoms with Crippen LogP contribution in [0.2, 0.25) is 0 Å². The maximum atomic E-state index is 12.8. The summed E-state index contributed by atoms with van der Waals surface area (Å²) in [6, 6.07) is 7.71. The van der Waals surface area contributed by atoms with Crippen molar-refractivity contribution in [3.05, 3.63) is 30.6 Å². The molecule has 1 saturated heterocycles. The van der Waals surface area contributed by atoms with Gasteiger partial charge in [-0.3, -0.25) is 9.36 Å². The second-order valence-corrected chi connectivity index (χ2v) is 7.49. The number of thioether (sulfide) groups is 1. The van der Waals surface area contributed by atoms with Gasteiger partial charge >= 0.3 is 0 Å². The SMILES string of the molecule is COc1cccc(-n2cnnc2S[C@@H](C)C(=O)N2CCCCCC2)c1. The Morgan fingerprint density at radius 2 is 2.00 bits per heavy atom. The summed E-state index contributed by atoms with van der Waals surface area (Å²) in [5.74, 6) is 0.961. The van der Waals surface area contributed by atoms with E-state index >= 15 is 0 Å². The minimum absolute atomic E-state index is 0.187. The third kappa shape index (κ3) is 4.34. The Balaban J connectivity index is 1.72. The quantitative estimate of drug-likeness (QED) is 0.767. The van der Waals surface area contributed by atoms with Crippen LogP contribution >= 0.6 is 11.8 Å². The maximum absolute atomic E-state index is 12.8. The van der Waals surface area contributed by atoms with Gasteiger partial charge in [0, 0.05) is 19.2 Å². The number of carbonyl (C=O) groups is 1. The highest BCUT2D eigenvalue weighted by atomic mass is 32.2. The van der Waals surface area contributed by atoms with Crippen molar-refractivity contribution in [2.45, 2.75) is 43.0 Å². The summed E-state index contributed by atoms with van der Waals surface area (Å²) in [6.07, 6.45) is 6.30. The number of methoxy groups -OCH3 is 1. The maximum Gasteiger partial charge on any atom is 0.235 e. The number of rotatable bonds is 5. The lowest BCUT2D eigenvalue weighted by Gasteiger charge is -2.23. The zero-order chi connectivity index (χ0) is 17.6. The second-order valence-electron chi connectivity index (χ2n) is 6.18. The summed E-state index contributed by atoms with van der Waals surface area (Å²) >= 11 is 1.45. The summed E-state index contributed by atoms with van der Waals surface area (Å²) < 4.78 is 7.17. The molecule has 0 N–H and O–H groups in total. The van der Waals surface area contributed by atoms with Gasteiger partial charge in [-0.15, -0.1) is 10.2 Å². The van der Waals surface area contributed by atoms with Crippen LogP contribution in [0.4, 0.5) is 0 Å². The van der Waals surface area contributed by atoms with Gasteiger partial charge in [0.25, 0.3) is 0 Å². The zero-order valence-electron chi connectivity index (χ0n) is 14.7. The van der Waals surface area contributed by atoms with Crippen LogP contribution in [-0.4, -0.2) is 51.0 Å². The number of aromatic nitrogens is 3. The molecule has 1 fully saturated rings. The first-order chi connectivity index (χ1) is 12.2. The number of hydrogen-bond donors (Lipinski definition) is 0. The van der Waals surface area contributed by atoms with E-state index in [-0.39, 0.29) is 11.2 Å². The van der Waals surface area contributed by atoms with Gasteiger partial charge < -0.3 is 9.64 Å². The molecule has 0 radical (unpaired) electrons. The van der Waals surface area contributed by atoms with Gasteiger partial charge in [0.05, 0.1) is 18.0 Å². The van der Waals surface area contributed by atoms with E-state index in [0.29, 0.717) is 5.16 Å². The van der Waals surface area contributed by atoms with Gasteiger partial charge in [-0.05, 0) is 31.9 Å². The van der Waals surface area contributed by atoms with Crippen LogP contribution in [0.25, 0.3) is 5.69 Å². The lowest BCUT2D eigenvalue weighted by atomic mass is 10.2. The molecule has 1 atom stereocenters. The van der Waals surface area contributed by atoms with E-state index < -0.39 is 0 Å². The van der Waals surface area contributed by atoms with Gasteiger partial charge in [0.1, 0.15) is 12.1 Å². The minimum atomic E-state index is -0.188. The number of benzene rings is 1. The standard InChI is InChI=1S/C18H24N4O2S/c1-14(17(23)21-10-5-3-4-6-11-21)25-18-20-19-13-22(18)15-8-7-9-16(12-15)24-2/h7-9,12-14H,3-6,10-11H2,1-2H3/t14-/m0/s1. The largest absolute Gasteiger partial charge is 0.497 e. The first kappa shape index (κ1) is 17.8. The highest BCUT2D eigenvalue weighted by molar-refractivity contribution is 8.00. The first-order valence-electron chi connectivity index (χ1n) is 8.69. The van der Waals surface area contributed by atoms with Crippen molar-refractivity contribution in [1.82, 2.24) is 19.7 Å². The fourth-order valence-electron chi connectivity index (χ4n) is 3.00. The van der Waals surface area contributed by atoms with E-state index in [1.54, 1.807) is 13.4 Å². The molecule has 2 heterocycles. The van der Waals surface area contributed by atoms with Gasteiger partial charge in [-0.2, -0.15) is 0 Å². The first-order valence-corrected chi connectivity index (χ1v) is 9.57. The number of amides is 1. The molecule has 25 heavy (non-hydrogen) atoms. The van der Waals surface area contributed by atoms with Crippen molar-refractivity contribution in [2.24, 2.45) is 0 Å². The molecule has 134 valence electrons. The van der Waals surface area contributed by atoms with Gasteiger partial charge in [0.2, 0.25) is 5.91 Å². The molecule has 1 aromatic heterocycles. The van der Waals surface area contributed by atoms with Crippen molar-refractivity contribution < 1.29 is 9.53 Å². The fraction of sp³-hybridized carbons (Fsp3) is 0.500. The predicted octanol–water partition coefficient (Wildman–Crippen LogP) is 3.16. The summed E-state index contributed by atoms with van der Waals surface area (Å²) in [6.45, 7) is 3.68. The second kappa shape index (κ2) is 8.38. The van der Waals surface area contributed by atoms with Crippen LogP contribution in [0.15, 0.2) is 35.7 Å². The molecule has 1 aliphatic rings. The van der Waals surface area contributed by atoms with Crippen LogP contribution in [0.3, 0.4) is 0 Å². The fourth-order valence-corrected chi connectivity index (χ4v) is 3.93. The van der Waals surface area contributed by atoms with Crippen molar-refractivity contribution in [1.29, 1.82) is 0 Å². The molecular weight excluding hydrogens is 336 g/mol. The lowest BCUT2D eigenvalue weighted by Crippen LogP contribution is -2.37. The Morgan fingerprint density at radius 1 is 1.24 bits per heavy atom. The predicted molar refractivity (Wildman–Crippen MR) is 98.3 cm³/mol. The van der Waals surface area contributed by atoms with Crippen molar-refractivity contribution in [2.75, 3.05) is 20.2 Å². The number of hydrogen-bond acceptors (Lipinski definition) is 5. The average molecular weight is 360 g/mol. The highest BCUT2D eigenvalue weighted by Crippen LogP contribution is 2.27. The number of ether oxygens (including phenoxy) is 1. The molecule has 0 bridgehead atoms. The molecule has 0 aliphatic carbocycles. The highest BCUT2D eigenvalue weighted by Gasteiger charge is 2.24. The smallest absolute Gasteiger partial charge is 0.235 e. The van der Waals surface area contributed by atoms with Gasteiger partial charge in [-0.25, -0.2) is 0 Å². The molecule has 3 rings (SSSR count). The molecule has 0 spiro atoms. The summed E-state index contributed by atoms with van der Waals surface area (Å²) in [5, 5.41) is 8.74. The molecule has 0 saturated carbocycles. The average Bonchev–Trinajstić information content (AvgIpc) is 2.92. The van der Waals surface area contributed by atoms with Crippen LogP contribution in [0.5, 0.6) is 5.75 Å². The minimum Gasteiger partial charge on any atom is -0.497 e. The topological polar surface area (TPSA) is 60.2 Å². The number of nitrogens with zero attached hydrogens (tertiary/aromatic N) is 4. The summed E-state index contributed by atoms with van der Waals surface area (Å²) in [7, 11) is 1.64. The van der Waals surface area contributed by atoms with Crippen LogP contribution < -0.4 is 4.74 Å². The normalized spacial score (nSPS) is 16.3. The van der Waals surface area contributed by atoms with Crippen molar-refractivity contribution in [3.63, 3.8) is 0 Å². The van der Waals surface area contributed by atoms with Crippen LogP contribution in [0.1, 0.15) is 32.6 Å². The summed E-state index contributed by atoms with van der Waals surface area (Å²) in [5.41, 5.74) is 0.918. The molecule has 7 heteroatoms. The molecule has 0 unspecified atom stereocenters. The van der Waals surface area contributed by atoms with Crippen LogP contribution in [-0.2, 0) is 4.79 Å². The molecule has 6 nitrogen and oxygen atoms in total. The Labute approximate surface area is 152 Å². The Kier molecular flexibility index (Phi) is 5.96. The number of likely N-dealkylation sites (tertiary alicyclic amines) is 1. The monoisotopic (exact) mass is 360 g/mol. The molecule has 2 aromatic rings.